The Morgan fingerprint density at radius 1 is 0.540 bits per heavy atom. The molecule has 0 fully saturated rings. The number of aryl methyl sites for hydroxylation is 3. The highest BCUT2D eigenvalue weighted by molar-refractivity contribution is 6.03. The Labute approximate surface area is 293 Å². The molecule has 3 aromatic rings. The molecule has 0 spiro atoms. The minimum absolute atomic E-state index is 0.149. The molecule has 0 radical (unpaired) electrons. The van der Waals surface area contributed by atoms with Crippen molar-refractivity contribution in [2.24, 2.45) is 0 Å². The molecule has 0 aliphatic carbocycles. The van der Waals surface area contributed by atoms with Gasteiger partial charge < -0.3 is 40.2 Å². The monoisotopic (exact) mass is 692 g/mol. The lowest BCUT2D eigenvalue weighted by Crippen LogP contribution is -2.22. The number of ether oxygens (including phenoxy) is 4. The summed E-state index contributed by atoms with van der Waals surface area (Å²) in [5.41, 5.74) is 5.81. The minimum atomic E-state index is -0.670. The molecule has 6 N–H and O–H groups in total. The lowest BCUT2D eigenvalue weighted by molar-refractivity contribution is -0.0115. The fraction of sp³-hybridized carbons (Fsp3) is 0.389. The van der Waals surface area contributed by atoms with Gasteiger partial charge in [0.25, 0.3) is 0 Å². The summed E-state index contributed by atoms with van der Waals surface area (Å²) < 4.78 is 20.6. The van der Waals surface area contributed by atoms with Crippen molar-refractivity contribution in [3.8, 4) is 0 Å². The average Bonchev–Trinajstić information content (AvgIpc) is 3.06. The quantitative estimate of drug-likeness (QED) is 0.0637. The van der Waals surface area contributed by atoms with Gasteiger partial charge in [-0.2, -0.15) is 0 Å². The van der Waals surface area contributed by atoms with E-state index in [0.717, 1.165) is 31.2 Å². The topological polar surface area (TPSA) is 177 Å². The number of urea groups is 2. The third-order valence-corrected chi connectivity index (χ3v) is 7.45. The molecule has 3 aromatic carbocycles. The van der Waals surface area contributed by atoms with Crippen LogP contribution in [-0.4, -0.2) is 51.0 Å². The summed E-state index contributed by atoms with van der Waals surface area (Å²) in [7, 11) is 0. The highest BCUT2D eigenvalue weighted by Crippen LogP contribution is 2.27. The van der Waals surface area contributed by atoms with Gasteiger partial charge in [0.05, 0.1) is 13.2 Å². The van der Waals surface area contributed by atoms with E-state index in [4.69, 9.17) is 18.9 Å². The summed E-state index contributed by atoms with van der Waals surface area (Å²) >= 11 is 0. The van der Waals surface area contributed by atoms with E-state index in [2.05, 4.69) is 31.9 Å². The maximum absolute atomic E-state index is 13.0. The van der Waals surface area contributed by atoms with Gasteiger partial charge in [-0.3, -0.25) is 10.6 Å². The lowest BCUT2D eigenvalue weighted by Gasteiger charge is -2.17. The second-order valence-corrected chi connectivity index (χ2v) is 11.5. The number of benzene rings is 3. The first-order valence-corrected chi connectivity index (χ1v) is 16.5. The van der Waals surface area contributed by atoms with Gasteiger partial charge in [0.15, 0.2) is 13.6 Å². The Balaban J connectivity index is 1.55. The molecule has 14 nitrogen and oxygen atoms in total. The molecule has 0 aromatic heterocycles. The number of hydrogen-bond acceptors (Lipinski definition) is 8. The summed E-state index contributed by atoms with van der Waals surface area (Å²) in [6.07, 6.45) is 2.38. The average molecular weight is 693 g/mol. The normalized spacial score (nSPS) is 10.5. The molecule has 270 valence electrons. The van der Waals surface area contributed by atoms with E-state index >= 15 is 0 Å². The van der Waals surface area contributed by atoms with Crippen molar-refractivity contribution < 1.29 is 38.1 Å². The molecular formula is C36H48N6O8. The standard InChI is InChI=1S/C36H48N6O8/c1-7-9-16-47-21-49-35(45)37-27-15-14-23(3)32(20-27)41-34(44)40-31-19-24(4)30(18-25(31)5)39-33(43)38-28-12-11-13-29(26(28)6)42-36(46)50-22-48-17-10-8-2/h11-15,18-20H,7-10,16-17,21-22H2,1-6H3,(H,37,45)(H,42,46)(H2,38,39,43)(H2,40,41,44). The predicted octanol–water partition coefficient (Wildman–Crippen LogP) is 8.85. The molecule has 14 heteroatoms. The zero-order valence-electron chi connectivity index (χ0n) is 29.5. The van der Waals surface area contributed by atoms with Crippen LogP contribution in [0.15, 0.2) is 48.5 Å². The van der Waals surface area contributed by atoms with Crippen molar-refractivity contribution in [1.82, 2.24) is 0 Å². The Bertz CT molecular complexity index is 1590. The summed E-state index contributed by atoms with van der Waals surface area (Å²) in [6, 6.07) is 12.7. The molecule has 0 aliphatic rings. The van der Waals surface area contributed by atoms with Gasteiger partial charge in [-0.15, -0.1) is 0 Å². The fourth-order valence-electron chi connectivity index (χ4n) is 4.48. The molecule has 0 unspecified atom stereocenters. The van der Waals surface area contributed by atoms with Gasteiger partial charge in [0.2, 0.25) is 0 Å². The summed E-state index contributed by atoms with van der Waals surface area (Å²) in [5.74, 6) is 0. The third kappa shape index (κ3) is 12.9. The summed E-state index contributed by atoms with van der Waals surface area (Å²) in [5, 5.41) is 16.6. The van der Waals surface area contributed by atoms with E-state index in [-0.39, 0.29) is 13.6 Å². The van der Waals surface area contributed by atoms with Crippen LogP contribution < -0.4 is 31.9 Å². The number of rotatable bonds is 16. The van der Waals surface area contributed by atoms with Gasteiger partial charge >= 0.3 is 24.2 Å². The molecular weight excluding hydrogens is 644 g/mol. The molecule has 0 heterocycles. The molecule has 0 atom stereocenters. The van der Waals surface area contributed by atoms with E-state index < -0.39 is 24.2 Å². The molecule has 3 rings (SSSR count). The maximum Gasteiger partial charge on any atom is 0.413 e. The van der Waals surface area contributed by atoms with Crippen LogP contribution in [0.5, 0.6) is 0 Å². The number of anilines is 6. The summed E-state index contributed by atoms with van der Waals surface area (Å²) in [4.78, 5) is 50.2. The van der Waals surface area contributed by atoms with Gasteiger partial charge in [-0.25, -0.2) is 19.2 Å². The van der Waals surface area contributed by atoms with E-state index in [0.29, 0.717) is 64.0 Å². The van der Waals surface area contributed by atoms with Crippen LogP contribution in [0.1, 0.15) is 61.8 Å². The van der Waals surface area contributed by atoms with E-state index in [9.17, 15) is 19.2 Å². The molecule has 0 bridgehead atoms. The van der Waals surface area contributed by atoms with Gasteiger partial charge in [0, 0.05) is 34.1 Å². The number of carbonyl (C=O) groups excluding carboxylic acids is 4. The van der Waals surface area contributed by atoms with Crippen LogP contribution in [0.3, 0.4) is 0 Å². The van der Waals surface area contributed by atoms with Crippen molar-refractivity contribution in [2.75, 3.05) is 58.7 Å². The van der Waals surface area contributed by atoms with Crippen molar-refractivity contribution in [3.63, 3.8) is 0 Å². The molecule has 6 amide bonds. The lowest BCUT2D eigenvalue weighted by atomic mass is 10.1. The highest BCUT2D eigenvalue weighted by atomic mass is 16.7. The van der Waals surface area contributed by atoms with Crippen LogP contribution in [0.2, 0.25) is 0 Å². The smallest absolute Gasteiger partial charge is 0.413 e. The summed E-state index contributed by atoms with van der Waals surface area (Å²) in [6.45, 7) is 12.0. The Morgan fingerprint density at radius 3 is 1.52 bits per heavy atom. The van der Waals surface area contributed by atoms with E-state index in [1.165, 1.54) is 0 Å². The second-order valence-electron chi connectivity index (χ2n) is 11.5. The van der Waals surface area contributed by atoms with E-state index in [1.807, 2.05) is 20.8 Å². The van der Waals surface area contributed by atoms with Crippen LogP contribution >= 0.6 is 0 Å². The Morgan fingerprint density at radius 2 is 1.00 bits per heavy atom. The molecule has 0 saturated heterocycles. The molecule has 0 saturated carbocycles. The van der Waals surface area contributed by atoms with Gasteiger partial charge in [-0.05, 0) is 99.2 Å². The van der Waals surface area contributed by atoms with Gasteiger partial charge in [-0.1, -0.05) is 38.8 Å². The first-order chi connectivity index (χ1) is 24.0. The second kappa shape index (κ2) is 20.2. The Kier molecular flexibility index (Phi) is 15.8. The van der Waals surface area contributed by atoms with Gasteiger partial charge in [0.1, 0.15) is 0 Å². The van der Waals surface area contributed by atoms with Crippen LogP contribution in [0, 0.1) is 27.7 Å². The van der Waals surface area contributed by atoms with Crippen molar-refractivity contribution in [3.05, 3.63) is 70.8 Å². The first-order valence-electron chi connectivity index (χ1n) is 16.5. The SMILES string of the molecule is CCCCOCOC(=O)Nc1ccc(C)c(NC(=O)Nc2cc(C)c(NC(=O)Nc3cccc(NC(=O)OCOCCCC)c3C)cc2C)c1. The third-order valence-electron chi connectivity index (χ3n) is 7.45. The minimum Gasteiger partial charge on any atom is -0.422 e. The number of hydrogen-bond donors (Lipinski definition) is 6. The first kappa shape index (κ1) is 39.1. The van der Waals surface area contributed by atoms with Crippen LogP contribution in [-0.2, 0) is 18.9 Å². The van der Waals surface area contributed by atoms with E-state index in [1.54, 1.807) is 69.3 Å². The number of carbonyl (C=O) groups is 4. The molecule has 0 aliphatic heterocycles. The fourth-order valence-corrected chi connectivity index (χ4v) is 4.48. The van der Waals surface area contributed by atoms with Crippen LogP contribution in [0.4, 0.5) is 53.3 Å². The highest BCUT2D eigenvalue weighted by Gasteiger charge is 2.14. The van der Waals surface area contributed by atoms with Crippen molar-refractivity contribution in [2.45, 2.75) is 67.2 Å². The van der Waals surface area contributed by atoms with Crippen LogP contribution in [0.25, 0.3) is 0 Å². The predicted molar refractivity (Wildman–Crippen MR) is 195 cm³/mol. The molecule has 50 heavy (non-hydrogen) atoms. The van der Waals surface area contributed by atoms with Crippen molar-refractivity contribution >= 4 is 58.4 Å². The zero-order chi connectivity index (χ0) is 36.5. The zero-order valence-corrected chi connectivity index (χ0v) is 29.5. The number of unbranched alkanes of at least 4 members (excludes halogenated alkanes) is 2. The maximum atomic E-state index is 13.0. The number of nitrogens with one attached hydrogen (secondary N) is 6. The Hall–Kier alpha value is -5.34. The number of amides is 6. The van der Waals surface area contributed by atoms with Crippen molar-refractivity contribution in [1.29, 1.82) is 0 Å². The largest absolute Gasteiger partial charge is 0.422 e.